The topological polar surface area (TPSA) is 76.1 Å². The summed E-state index contributed by atoms with van der Waals surface area (Å²) in [7, 11) is 1.55. The van der Waals surface area contributed by atoms with Crippen molar-refractivity contribution in [2.24, 2.45) is 0 Å². The van der Waals surface area contributed by atoms with Crippen molar-refractivity contribution < 1.29 is 24.2 Å². The molecule has 0 aliphatic carbocycles. The molecule has 0 bridgehead atoms. The molecule has 0 aromatic heterocycles. The summed E-state index contributed by atoms with van der Waals surface area (Å²) in [5, 5.41) is 11.6. The smallest absolute Gasteiger partial charge is 0.295 e. The molecule has 2 aromatic carbocycles. The van der Waals surface area contributed by atoms with E-state index in [0.29, 0.717) is 36.4 Å². The van der Waals surface area contributed by atoms with Gasteiger partial charge in [-0.15, -0.1) is 0 Å². The largest absolute Gasteiger partial charge is 0.507 e. The lowest BCUT2D eigenvalue weighted by Gasteiger charge is -2.27. The van der Waals surface area contributed by atoms with E-state index < -0.39 is 17.7 Å². The molecule has 1 aliphatic rings. The molecule has 6 heteroatoms. The Bertz CT molecular complexity index is 1130. The van der Waals surface area contributed by atoms with Crippen LogP contribution in [0.25, 0.3) is 5.76 Å². The van der Waals surface area contributed by atoms with Crippen molar-refractivity contribution in [2.45, 2.75) is 65.5 Å². The summed E-state index contributed by atoms with van der Waals surface area (Å²) in [5.74, 6) is -0.932. The second-order valence-corrected chi connectivity index (χ2v) is 10.3. The molecule has 1 atom stereocenters. The SMILES string of the molecule is COc1ccccc1C1/C(=C(\O)c2cc(C(C)(C)C)ccc2C)C(=O)C(=O)N1CCCOC(C)C. The monoisotopic (exact) mass is 479 g/mol. The zero-order valence-corrected chi connectivity index (χ0v) is 21.8. The number of aryl methyl sites for hydroxylation is 1. The van der Waals surface area contributed by atoms with Crippen molar-refractivity contribution in [1.29, 1.82) is 0 Å². The van der Waals surface area contributed by atoms with Crippen LogP contribution in [0.3, 0.4) is 0 Å². The molecule has 1 aliphatic heterocycles. The van der Waals surface area contributed by atoms with Gasteiger partial charge in [-0.2, -0.15) is 0 Å². The highest BCUT2D eigenvalue weighted by atomic mass is 16.5. The zero-order valence-electron chi connectivity index (χ0n) is 21.8. The Kier molecular flexibility index (Phi) is 8.06. The Morgan fingerprint density at radius 1 is 1.11 bits per heavy atom. The molecule has 3 rings (SSSR count). The van der Waals surface area contributed by atoms with E-state index in [2.05, 4.69) is 20.8 Å². The fourth-order valence-corrected chi connectivity index (χ4v) is 4.37. The van der Waals surface area contributed by atoms with Gasteiger partial charge >= 0.3 is 0 Å². The molecular formula is C29H37NO5. The highest BCUT2D eigenvalue weighted by Crippen LogP contribution is 2.43. The van der Waals surface area contributed by atoms with Crippen LogP contribution in [0.5, 0.6) is 5.75 Å². The lowest BCUT2D eigenvalue weighted by molar-refractivity contribution is -0.140. The molecule has 2 aromatic rings. The molecule has 35 heavy (non-hydrogen) atoms. The van der Waals surface area contributed by atoms with Gasteiger partial charge in [0.2, 0.25) is 0 Å². The molecule has 1 heterocycles. The Labute approximate surface area is 208 Å². The number of likely N-dealkylation sites (tertiary alicyclic amines) is 1. The Hall–Kier alpha value is -3.12. The van der Waals surface area contributed by atoms with E-state index in [0.717, 1.165) is 11.1 Å². The summed E-state index contributed by atoms with van der Waals surface area (Å²) in [4.78, 5) is 28.1. The normalized spacial score (nSPS) is 17.9. The molecular weight excluding hydrogens is 442 g/mol. The van der Waals surface area contributed by atoms with Crippen LogP contribution in [0.4, 0.5) is 0 Å². The van der Waals surface area contributed by atoms with Gasteiger partial charge < -0.3 is 19.5 Å². The van der Waals surface area contributed by atoms with Crippen molar-refractivity contribution in [1.82, 2.24) is 4.90 Å². The minimum Gasteiger partial charge on any atom is -0.507 e. The van der Waals surface area contributed by atoms with Gasteiger partial charge in [0.15, 0.2) is 0 Å². The van der Waals surface area contributed by atoms with Gasteiger partial charge in [0.1, 0.15) is 11.5 Å². The lowest BCUT2D eigenvalue weighted by Crippen LogP contribution is -2.31. The number of carbonyl (C=O) groups excluding carboxylic acids is 2. The maximum atomic E-state index is 13.4. The standard InChI is InChI=1S/C29H37NO5/c1-18(2)35-16-10-15-30-25(21-11-8-9-12-23(21)34-7)24(27(32)28(30)33)26(31)22-17-20(29(4,5)6)14-13-19(22)3/h8-9,11-14,17-18,25,31H,10,15-16H2,1-7H3/b26-24+. The zero-order chi connectivity index (χ0) is 25.9. The van der Waals surface area contributed by atoms with E-state index >= 15 is 0 Å². The van der Waals surface area contributed by atoms with Crippen molar-refractivity contribution in [2.75, 3.05) is 20.3 Å². The number of benzene rings is 2. The number of methoxy groups -OCH3 is 1. The third kappa shape index (κ3) is 5.59. The summed E-state index contributed by atoms with van der Waals surface area (Å²) in [6.45, 7) is 12.9. The number of Topliss-reactive ketones (excluding diaryl/α,β-unsaturated/α-hetero) is 1. The lowest BCUT2D eigenvalue weighted by atomic mass is 9.84. The average Bonchev–Trinajstić information content (AvgIpc) is 3.05. The maximum Gasteiger partial charge on any atom is 0.295 e. The summed E-state index contributed by atoms with van der Waals surface area (Å²) in [5.41, 5.74) is 3.00. The number of ether oxygens (including phenoxy) is 2. The predicted molar refractivity (Wildman–Crippen MR) is 138 cm³/mol. The van der Waals surface area contributed by atoms with E-state index in [1.54, 1.807) is 13.2 Å². The molecule has 1 amide bonds. The van der Waals surface area contributed by atoms with Crippen molar-refractivity contribution >= 4 is 17.4 Å². The summed E-state index contributed by atoms with van der Waals surface area (Å²) >= 11 is 0. The first-order valence-electron chi connectivity index (χ1n) is 12.1. The van der Waals surface area contributed by atoms with Gasteiger partial charge in [0.05, 0.1) is 24.8 Å². The quantitative estimate of drug-likeness (QED) is 0.233. The number of hydrogen-bond donors (Lipinski definition) is 1. The molecule has 1 saturated heterocycles. The van der Waals surface area contributed by atoms with Crippen LogP contribution in [0, 0.1) is 6.92 Å². The predicted octanol–water partition coefficient (Wildman–Crippen LogP) is 5.54. The fourth-order valence-electron chi connectivity index (χ4n) is 4.37. The van der Waals surface area contributed by atoms with Gasteiger partial charge in [-0.1, -0.05) is 51.1 Å². The average molecular weight is 480 g/mol. The highest BCUT2D eigenvalue weighted by molar-refractivity contribution is 6.46. The molecule has 1 N–H and O–H groups in total. The first-order valence-corrected chi connectivity index (χ1v) is 12.1. The molecule has 0 saturated carbocycles. The number of aliphatic hydroxyl groups excluding tert-OH is 1. The molecule has 6 nitrogen and oxygen atoms in total. The van der Waals surface area contributed by atoms with Crippen LogP contribution < -0.4 is 4.74 Å². The first kappa shape index (κ1) is 26.5. The van der Waals surface area contributed by atoms with Gasteiger partial charge in [0.25, 0.3) is 11.7 Å². The number of carbonyl (C=O) groups is 2. The van der Waals surface area contributed by atoms with Crippen LogP contribution in [0.2, 0.25) is 0 Å². The molecule has 1 fully saturated rings. The van der Waals surface area contributed by atoms with Gasteiger partial charge in [0, 0.05) is 24.3 Å². The van der Waals surface area contributed by atoms with Crippen molar-refractivity contribution in [3.63, 3.8) is 0 Å². The van der Waals surface area contributed by atoms with Gasteiger partial charge in [-0.25, -0.2) is 0 Å². The van der Waals surface area contributed by atoms with Crippen LogP contribution in [0.15, 0.2) is 48.0 Å². The Morgan fingerprint density at radius 2 is 1.80 bits per heavy atom. The summed E-state index contributed by atoms with van der Waals surface area (Å²) < 4.78 is 11.2. The molecule has 0 radical (unpaired) electrons. The maximum absolute atomic E-state index is 13.4. The van der Waals surface area contributed by atoms with Gasteiger partial charge in [-0.05, 0) is 55.9 Å². The molecule has 188 valence electrons. The second-order valence-electron chi connectivity index (χ2n) is 10.3. The second kappa shape index (κ2) is 10.6. The summed E-state index contributed by atoms with van der Waals surface area (Å²) in [6.07, 6.45) is 0.642. The number of ketones is 1. The van der Waals surface area contributed by atoms with Crippen LogP contribution in [-0.2, 0) is 19.7 Å². The summed E-state index contributed by atoms with van der Waals surface area (Å²) in [6, 6.07) is 12.4. The van der Waals surface area contributed by atoms with Gasteiger partial charge in [-0.3, -0.25) is 9.59 Å². The van der Waals surface area contributed by atoms with E-state index in [1.807, 2.05) is 57.2 Å². The first-order chi connectivity index (χ1) is 16.5. The highest BCUT2D eigenvalue weighted by Gasteiger charge is 2.47. The van der Waals surface area contributed by atoms with Crippen molar-refractivity contribution in [3.05, 3.63) is 70.3 Å². The molecule has 1 unspecified atom stereocenters. The fraction of sp³-hybridized carbons (Fsp3) is 0.448. The minimum atomic E-state index is -0.761. The van der Waals surface area contributed by atoms with Crippen LogP contribution >= 0.6 is 0 Å². The van der Waals surface area contributed by atoms with Crippen LogP contribution in [0.1, 0.15) is 69.3 Å². The Balaban J connectivity index is 2.17. The minimum absolute atomic E-state index is 0.0773. The number of para-hydroxylation sites is 1. The number of amides is 1. The van der Waals surface area contributed by atoms with Crippen LogP contribution in [-0.4, -0.2) is 48.1 Å². The number of hydrogen-bond acceptors (Lipinski definition) is 5. The van der Waals surface area contributed by atoms with E-state index in [9.17, 15) is 14.7 Å². The number of nitrogens with zero attached hydrogens (tertiary/aromatic N) is 1. The van der Waals surface area contributed by atoms with Crippen molar-refractivity contribution in [3.8, 4) is 5.75 Å². The third-order valence-corrected chi connectivity index (χ3v) is 6.33. The van der Waals surface area contributed by atoms with E-state index in [4.69, 9.17) is 9.47 Å². The van der Waals surface area contributed by atoms with E-state index in [-0.39, 0.29) is 22.9 Å². The Morgan fingerprint density at radius 3 is 2.43 bits per heavy atom. The molecule has 0 spiro atoms. The van der Waals surface area contributed by atoms with E-state index in [1.165, 1.54) is 4.90 Å². The third-order valence-electron chi connectivity index (χ3n) is 6.33. The number of aliphatic hydroxyl groups is 1. The number of rotatable bonds is 8.